The van der Waals surface area contributed by atoms with Crippen LogP contribution in [0.5, 0.6) is 11.5 Å². The number of aliphatic hydroxyl groups is 2. The number of hydrogen-bond donors (Lipinski definition) is 3. The lowest BCUT2D eigenvalue weighted by Gasteiger charge is -2.25. The normalized spacial score (nSPS) is 17.0. The van der Waals surface area contributed by atoms with Crippen LogP contribution in [-0.4, -0.2) is 42.6 Å². The molecule has 0 aliphatic carbocycles. The van der Waals surface area contributed by atoms with Gasteiger partial charge in [-0.15, -0.1) is 0 Å². The number of hydrogen-bond acceptors (Lipinski definition) is 5. The van der Waals surface area contributed by atoms with Crippen LogP contribution in [0.15, 0.2) is 18.2 Å². The van der Waals surface area contributed by atoms with Gasteiger partial charge in [0.1, 0.15) is 13.2 Å². The number of ether oxygens (including phenoxy) is 2. The van der Waals surface area contributed by atoms with Crippen molar-refractivity contribution < 1.29 is 19.7 Å². The van der Waals surface area contributed by atoms with Gasteiger partial charge in [-0.1, -0.05) is 13.0 Å². The van der Waals surface area contributed by atoms with Gasteiger partial charge in [0.25, 0.3) is 0 Å². The van der Waals surface area contributed by atoms with Crippen molar-refractivity contribution >= 4 is 0 Å². The van der Waals surface area contributed by atoms with E-state index in [2.05, 4.69) is 5.32 Å². The molecule has 0 fully saturated rings. The van der Waals surface area contributed by atoms with Gasteiger partial charge in [0.15, 0.2) is 11.5 Å². The molecule has 1 aromatic carbocycles. The number of nitrogens with one attached hydrogen (secondary N) is 1. The second-order valence-corrected chi connectivity index (χ2v) is 4.54. The maximum atomic E-state index is 10.4. The van der Waals surface area contributed by atoms with E-state index < -0.39 is 6.10 Å². The van der Waals surface area contributed by atoms with Crippen molar-refractivity contribution in [2.75, 3.05) is 26.4 Å². The third-order valence-electron chi connectivity index (χ3n) is 3.25. The molecule has 2 atom stereocenters. The zero-order chi connectivity index (χ0) is 13.7. The van der Waals surface area contributed by atoms with Crippen LogP contribution in [0.3, 0.4) is 0 Å². The van der Waals surface area contributed by atoms with Crippen molar-refractivity contribution in [2.24, 2.45) is 0 Å². The molecule has 19 heavy (non-hydrogen) atoms. The fourth-order valence-corrected chi connectivity index (χ4v) is 2.21. The lowest BCUT2D eigenvalue weighted by atomic mass is 9.99. The van der Waals surface area contributed by atoms with Gasteiger partial charge in [-0.3, -0.25) is 0 Å². The molecule has 3 N–H and O–H groups in total. The van der Waals surface area contributed by atoms with Gasteiger partial charge in [0, 0.05) is 12.6 Å². The highest BCUT2D eigenvalue weighted by Gasteiger charge is 2.21. The monoisotopic (exact) mass is 267 g/mol. The zero-order valence-electron chi connectivity index (χ0n) is 11.1. The molecule has 1 heterocycles. The fourth-order valence-electron chi connectivity index (χ4n) is 2.21. The first-order valence-electron chi connectivity index (χ1n) is 6.68. The fraction of sp³-hybridized carbons (Fsp3) is 0.571. The van der Waals surface area contributed by atoms with E-state index in [-0.39, 0.29) is 12.6 Å². The highest BCUT2D eigenvalue weighted by atomic mass is 16.6. The molecule has 0 saturated heterocycles. The van der Waals surface area contributed by atoms with E-state index in [1.165, 1.54) is 0 Å². The maximum absolute atomic E-state index is 10.4. The Labute approximate surface area is 113 Å². The molecule has 2 unspecified atom stereocenters. The Bertz CT molecular complexity index is 410. The summed E-state index contributed by atoms with van der Waals surface area (Å²) in [5.74, 6) is 1.40. The molecule has 1 aromatic rings. The standard InChI is InChI=1S/C14H21NO4/c1-2-11(15-5-6-16)14(17)10-3-4-12-13(9-10)19-8-7-18-12/h3-4,9,11,14-17H,2,5-8H2,1H3. The lowest BCUT2D eigenvalue weighted by molar-refractivity contribution is 0.120. The van der Waals surface area contributed by atoms with Crippen molar-refractivity contribution in [1.29, 1.82) is 0 Å². The summed E-state index contributed by atoms with van der Waals surface area (Å²) >= 11 is 0. The van der Waals surface area contributed by atoms with Crippen molar-refractivity contribution in [1.82, 2.24) is 5.32 Å². The molecule has 2 rings (SSSR count). The van der Waals surface area contributed by atoms with E-state index in [0.717, 1.165) is 17.7 Å². The number of aliphatic hydroxyl groups excluding tert-OH is 2. The summed E-state index contributed by atoms with van der Waals surface area (Å²) in [5, 5.41) is 22.3. The first kappa shape index (κ1) is 14.1. The Balaban J connectivity index is 2.11. The largest absolute Gasteiger partial charge is 0.486 e. The first-order valence-corrected chi connectivity index (χ1v) is 6.68. The molecule has 5 nitrogen and oxygen atoms in total. The molecule has 1 aliphatic heterocycles. The SMILES string of the molecule is CCC(NCCO)C(O)c1ccc2c(c1)OCCO2. The highest BCUT2D eigenvalue weighted by molar-refractivity contribution is 5.44. The molecular formula is C14H21NO4. The summed E-state index contributed by atoms with van der Waals surface area (Å²) in [4.78, 5) is 0. The van der Waals surface area contributed by atoms with E-state index in [1.807, 2.05) is 25.1 Å². The summed E-state index contributed by atoms with van der Waals surface area (Å²) in [5.41, 5.74) is 0.793. The van der Waals surface area contributed by atoms with Crippen molar-refractivity contribution in [3.63, 3.8) is 0 Å². The zero-order valence-corrected chi connectivity index (χ0v) is 11.1. The van der Waals surface area contributed by atoms with Crippen LogP contribution < -0.4 is 14.8 Å². The summed E-state index contributed by atoms with van der Waals surface area (Å²) < 4.78 is 11.0. The minimum atomic E-state index is -0.632. The second kappa shape index (κ2) is 6.75. The quantitative estimate of drug-likeness (QED) is 0.713. The lowest BCUT2D eigenvalue weighted by Crippen LogP contribution is -2.36. The molecule has 0 aromatic heterocycles. The van der Waals surface area contributed by atoms with Crippen LogP contribution in [0, 0.1) is 0 Å². The van der Waals surface area contributed by atoms with Crippen LogP contribution in [-0.2, 0) is 0 Å². The molecule has 0 saturated carbocycles. The van der Waals surface area contributed by atoms with Crippen molar-refractivity contribution in [3.8, 4) is 11.5 Å². The van der Waals surface area contributed by atoms with E-state index in [1.54, 1.807) is 0 Å². The van der Waals surface area contributed by atoms with E-state index in [9.17, 15) is 5.11 Å². The molecule has 0 bridgehead atoms. The first-order chi connectivity index (χ1) is 9.26. The van der Waals surface area contributed by atoms with Crippen LogP contribution in [0.2, 0.25) is 0 Å². The molecular weight excluding hydrogens is 246 g/mol. The predicted octanol–water partition coefficient (Wildman–Crippen LogP) is 0.852. The van der Waals surface area contributed by atoms with Crippen LogP contribution in [0.1, 0.15) is 25.0 Å². The molecule has 0 radical (unpaired) electrons. The molecule has 1 aliphatic rings. The Morgan fingerprint density at radius 2 is 2.00 bits per heavy atom. The minimum absolute atomic E-state index is 0.0599. The Hall–Kier alpha value is -1.30. The third-order valence-corrected chi connectivity index (χ3v) is 3.25. The topological polar surface area (TPSA) is 71.0 Å². The molecule has 0 spiro atoms. The Morgan fingerprint density at radius 3 is 2.68 bits per heavy atom. The highest BCUT2D eigenvalue weighted by Crippen LogP contribution is 2.33. The van der Waals surface area contributed by atoms with Crippen LogP contribution in [0.25, 0.3) is 0 Å². The van der Waals surface area contributed by atoms with Gasteiger partial charge in [0.05, 0.1) is 12.7 Å². The Kier molecular flexibility index (Phi) is 5.01. The van der Waals surface area contributed by atoms with Crippen LogP contribution >= 0.6 is 0 Å². The van der Waals surface area contributed by atoms with Gasteiger partial charge in [-0.25, -0.2) is 0 Å². The minimum Gasteiger partial charge on any atom is -0.486 e. The predicted molar refractivity (Wildman–Crippen MR) is 71.6 cm³/mol. The number of benzene rings is 1. The summed E-state index contributed by atoms with van der Waals surface area (Å²) in [6.45, 7) is 3.62. The summed E-state index contributed by atoms with van der Waals surface area (Å²) in [7, 11) is 0. The average Bonchev–Trinajstić information content (AvgIpc) is 2.47. The van der Waals surface area contributed by atoms with Crippen LogP contribution in [0.4, 0.5) is 0 Å². The third kappa shape index (κ3) is 3.37. The Morgan fingerprint density at radius 1 is 1.26 bits per heavy atom. The van der Waals surface area contributed by atoms with Crippen molar-refractivity contribution in [3.05, 3.63) is 23.8 Å². The number of fused-ring (bicyclic) bond motifs is 1. The van der Waals surface area contributed by atoms with Gasteiger partial charge < -0.3 is 25.0 Å². The average molecular weight is 267 g/mol. The van der Waals surface area contributed by atoms with E-state index in [4.69, 9.17) is 14.6 Å². The van der Waals surface area contributed by atoms with E-state index >= 15 is 0 Å². The summed E-state index contributed by atoms with van der Waals surface area (Å²) in [6, 6.07) is 5.41. The van der Waals surface area contributed by atoms with Gasteiger partial charge >= 0.3 is 0 Å². The van der Waals surface area contributed by atoms with Gasteiger partial charge in [-0.05, 0) is 24.1 Å². The molecule has 106 valence electrons. The second-order valence-electron chi connectivity index (χ2n) is 4.54. The number of rotatable bonds is 6. The molecule has 5 heteroatoms. The van der Waals surface area contributed by atoms with E-state index in [0.29, 0.717) is 25.5 Å². The smallest absolute Gasteiger partial charge is 0.161 e. The van der Waals surface area contributed by atoms with Gasteiger partial charge in [-0.2, -0.15) is 0 Å². The van der Waals surface area contributed by atoms with Gasteiger partial charge in [0.2, 0.25) is 0 Å². The van der Waals surface area contributed by atoms with Crippen molar-refractivity contribution in [2.45, 2.75) is 25.5 Å². The maximum Gasteiger partial charge on any atom is 0.161 e. The summed E-state index contributed by atoms with van der Waals surface area (Å²) in [6.07, 6.45) is 0.141. The molecule has 0 amide bonds.